The van der Waals surface area contributed by atoms with Gasteiger partial charge in [-0.15, -0.1) is 0 Å². The Morgan fingerprint density at radius 3 is 2.74 bits per heavy atom. The second-order valence-corrected chi connectivity index (χ2v) is 5.08. The fraction of sp³-hybridized carbons (Fsp3) is 0.600. The van der Waals surface area contributed by atoms with Gasteiger partial charge < -0.3 is 10.1 Å². The first-order valence-corrected chi connectivity index (χ1v) is 7.29. The van der Waals surface area contributed by atoms with Crippen LogP contribution in [0, 0.1) is 5.82 Å². The third kappa shape index (κ3) is 6.37. The fourth-order valence-electron chi connectivity index (χ4n) is 1.74. The summed E-state index contributed by atoms with van der Waals surface area (Å²) in [4.78, 5) is 0. The monoisotopic (exact) mass is 287 g/mol. The van der Waals surface area contributed by atoms with Gasteiger partial charge in [-0.2, -0.15) is 0 Å². The Labute approximate surface area is 120 Å². The van der Waals surface area contributed by atoms with E-state index in [1.54, 1.807) is 6.07 Å². The zero-order chi connectivity index (χ0) is 14.1. The fourth-order valence-corrected chi connectivity index (χ4v) is 1.86. The molecule has 1 rings (SSSR count). The zero-order valence-corrected chi connectivity index (χ0v) is 12.5. The van der Waals surface area contributed by atoms with E-state index in [0.717, 1.165) is 44.6 Å². The molecule has 0 aliphatic rings. The Morgan fingerprint density at radius 1 is 1.32 bits per heavy atom. The molecule has 1 unspecified atom stereocenters. The standard InChI is InChI=1S/C15H23ClFNO/c1-3-4-9-19-10-5-8-18-12(2)13-6-7-14(16)15(17)11-13/h6-7,11-12,18H,3-5,8-10H2,1-2H3. The van der Waals surface area contributed by atoms with Crippen LogP contribution >= 0.6 is 11.6 Å². The second kappa shape index (κ2) is 9.29. The lowest BCUT2D eigenvalue weighted by atomic mass is 10.1. The number of hydrogen-bond acceptors (Lipinski definition) is 2. The molecule has 1 atom stereocenters. The summed E-state index contributed by atoms with van der Waals surface area (Å²) in [6.45, 7) is 6.64. The van der Waals surface area contributed by atoms with E-state index in [9.17, 15) is 4.39 Å². The molecular formula is C15H23ClFNO. The maximum atomic E-state index is 13.3. The van der Waals surface area contributed by atoms with Gasteiger partial charge in [0.05, 0.1) is 5.02 Å². The van der Waals surface area contributed by atoms with Crippen molar-refractivity contribution in [3.05, 3.63) is 34.6 Å². The van der Waals surface area contributed by atoms with Crippen LogP contribution in [0.2, 0.25) is 5.02 Å². The van der Waals surface area contributed by atoms with E-state index in [1.165, 1.54) is 6.07 Å². The molecule has 0 amide bonds. The highest BCUT2D eigenvalue weighted by Gasteiger charge is 2.07. The van der Waals surface area contributed by atoms with E-state index in [2.05, 4.69) is 12.2 Å². The SMILES string of the molecule is CCCCOCCCNC(C)c1ccc(Cl)c(F)c1. The molecule has 0 aliphatic carbocycles. The summed E-state index contributed by atoms with van der Waals surface area (Å²) in [6, 6.07) is 5.04. The van der Waals surface area contributed by atoms with Crippen molar-refractivity contribution in [2.45, 2.75) is 39.2 Å². The maximum absolute atomic E-state index is 13.3. The van der Waals surface area contributed by atoms with Crippen molar-refractivity contribution in [2.75, 3.05) is 19.8 Å². The third-order valence-corrected chi connectivity index (χ3v) is 3.31. The minimum absolute atomic E-state index is 0.113. The lowest BCUT2D eigenvalue weighted by molar-refractivity contribution is 0.128. The van der Waals surface area contributed by atoms with Crippen molar-refractivity contribution in [3.8, 4) is 0 Å². The number of ether oxygens (including phenoxy) is 1. The second-order valence-electron chi connectivity index (χ2n) is 4.67. The molecule has 19 heavy (non-hydrogen) atoms. The highest BCUT2D eigenvalue weighted by atomic mass is 35.5. The molecule has 0 saturated carbocycles. The van der Waals surface area contributed by atoms with Crippen molar-refractivity contribution < 1.29 is 9.13 Å². The number of halogens is 2. The van der Waals surface area contributed by atoms with Gasteiger partial charge in [0.1, 0.15) is 5.82 Å². The van der Waals surface area contributed by atoms with Crippen LogP contribution < -0.4 is 5.32 Å². The van der Waals surface area contributed by atoms with Gasteiger partial charge in [-0.3, -0.25) is 0 Å². The van der Waals surface area contributed by atoms with Crippen molar-refractivity contribution in [1.29, 1.82) is 0 Å². The summed E-state index contributed by atoms with van der Waals surface area (Å²) in [7, 11) is 0. The Kier molecular flexibility index (Phi) is 8.03. The molecule has 1 aromatic rings. The molecule has 0 fully saturated rings. The molecule has 4 heteroatoms. The first kappa shape index (κ1) is 16.4. The smallest absolute Gasteiger partial charge is 0.142 e. The van der Waals surface area contributed by atoms with Crippen molar-refractivity contribution in [3.63, 3.8) is 0 Å². The van der Waals surface area contributed by atoms with Crippen molar-refractivity contribution >= 4 is 11.6 Å². The van der Waals surface area contributed by atoms with Gasteiger partial charge >= 0.3 is 0 Å². The molecule has 2 nitrogen and oxygen atoms in total. The van der Waals surface area contributed by atoms with E-state index < -0.39 is 0 Å². The molecular weight excluding hydrogens is 265 g/mol. The van der Waals surface area contributed by atoms with Crippen LogP contribution in [0.15, 0.2) is 18.2 Å². The largest absolute Gasteiger partial charge is 0.381 e. The van der Waals surface area contributed by atoms with E-state index in [1.807, 2.05) is 13.0 Å². The number of rotatable bonds is 9. The molecule has 1 N–H and O–H groups in total. The van der Waals surface area contributed by atoms with Crippen LogP contribution in [-0.2, 0) is 4.74 Å². The first-order valence-electron chi connectivity index (χ1n) is 6.91. The lowest BCUT2D eigenvalue weighted by Gasteiger charge is -2.14. The lowest BCUT2D eigenvalue weighted by Crippen LogP contribution is -2.21. The van der Waals surface area contributed by atoms with Crippen LogP contribution in [0.3, 0.4) is 0 Å². The van der Waals surface area contributed by atoms with Gasteiger partial charge in [0.15, 0.2) is 0 Å². The molecule has 0 bridgehead atoms. The highest BCUT2D eigenvalue weighted by molar-refractivity contribution is 6.30. The van der Waals surface area contributed by atoms with Crippen LogP contribution in [0.25, 0.3) is 0 Å². The normalized spacial score (nSPS) is 12.6. The molecule has 0 aliphatic heterocycles. The van der Waals surface area contributed by atoms with Gasteiger partial charge in [-0.1, -0.05) is 31.0 Å². The Morgan fingerprint density at radius 2 is 2.05 bits per heavy atom. The Bertz CT molecular complexity index is 373. The third-order valence-electron chi connectivity index (χ3n) is 3.00. The number of benzene rings is 1. The minimum atomic E-state index is -0.365. The zero-order valence-electron chi connectivity index (χ0n) is 11.7. The van der Waals surface area contributed by atoms with Gasteiger partial charge in [-0.25, -0.2) is 4.39 Å². The average Bonchev–Trinajstić information content (AvgIpc) is 2.40. The molecule has 0 radical (unpaired) electrons. The van der Waals surface area contributed by atoms with Gasteiger partial charge in [-0.05, 0) is 44.0 Å². The predicted octanol–water partition coefficient (Wildman–Crippen LogP) is 4.34. The Hall–Kier alpha value is -0.640. The van der Waals surface area contributed by atoms with Crippen molar-refractivity contribution in [2.24, 2.45) is 0 Å². The average molecular weight is 288 g/mol. The molecule has 1 aromatic carbocycles. The quantitative estimate of drug-likeness (QED) is 0.682. The van der Waals surface area contributed by atoms with Crippen LogP contribution in [0.4, 0.5) is 4.39 Å². The van der Waals surface area contributed by atoms with Crippen LogP contribution in [0.5, 0.6) is 0 Å². The van der Waals surface area contributed by atoms with Gasteiger partial charge in [0.2, 0.25) is 0 Å². The number of hydrogen-bond donors (Lipinski definition) is 1. The molecule has 0 spiro atoms. The summed E-state index contributed by atoms with van der Waals surface area (Å²) < 4.78 is 18.8. The number of unbranched alkanes of at least 4 members (excludes halogenated alkanes) is 1. The topological polar surface area (TPSA) is 21.3 Å². The predicted molar refractivity (Wildman–Crippen MR) is 78.2 cm³/mol. The summed E-state index contributed by atoms with van der Waals surface area (Å²) in [6.07, 6.45) is 3.25. The van der Waals surface area contributed by atoms with E-state index in [4.69, 9.17) is 16.3 Å². The van der Waals surface area contributed by atoms with Crippen molar-refractivity contribution in [1.82, 2.24) is 5.32 Å². The van der Waals surface area contributed by atoms with E-state index in [0.29, 0.717) is 0 Å². The highest BCUT2D eigenvalue weighted by Crippen LogP contribution is 2.19. The van der Waals surface area contributed by atoms with Crippen LogP contribution in [-0.4, -0.2) is 19.8 Å². The van der Waals surface area contributed by atoms with Gasteiger partial charge in [0.25, 0.3) is 0 Å². The van der Waals surface area contributed by atoms with Gasteiger partial charge in [0, 0.05) is 19.3 Å². The molecule has 0 heterocycles. The summed E-state index contributed by atoms with van der Waals surface area (Å²) in [5.74, 6) is -0.365. The summed E-state index contributed by atoms with van der Waals surface area (Å²) in [5, 5.41) is 3.51. The van der Waals surface area contributed by atoms with E-state index in [-0.39, 0.29) is 16.9 Å². The maximum Gasteiger partial charge on any atom is 0.142 e. The summed E-state index contributed by atoms with van der Waals surface area (Å²) in [5.41, 5.74) is 0.911. The molecule has 108 valence electrons. The summed E-state index contributed by atoms with van der Waals surface area (Å²) >= 11 is 5.66. The molecule has 0 saturated heterocycles. The van der Waals surface area contributed by atoms with E-state index >= 15 is 0 Å². The van der Waals surface area contributed by atoms with Crippen LogP contribution in [0.1, 0.15) is 44.7 Å². The Balaban J connectivity index is 2.20. The molecule has 0 aromatic heterocycles. The minimum Gasteiger partial charge on any atom is -0.381 e. The first-order chi connectivity index (χ1) is 9.15. The number of nitrogens with one attached hydrogen (secondary N) is 1.